The summed E-state index contributed by atoms with van der Waals surface area (Å²) in [5, 5.41) is 11.1. The molecule has 5 nitrogen and oxygen atoms in total. The molecular weight excluding hydrogens is 503 g/mol. The fourth-order valence-electron chi connectivity index (χ4n) is 3.27. The molecule has 8 heteroatoms. The summed E-state index contributed by atoms with van der Waals surface area (Å²) < 4.78 is 5.73. The molecule has 1 saturated heterocycles. The molecule has 0 aliphatic carbocycles. The molecule has 1 aliphatic heterocycles. The van der Waals surface area contributed by atoms with E-state index in [9.17, 15) is 0 Å². The van der Waals surface area contributed by atoms with Crippen LogP contribution < -0.4 is 10.6 Å². The molecule has 3 heterocycles. The maximum atomic E-state index is 5.73. The smallest absolute Gasteiger partial charge is 0.191 e. The molecule has 0 saturated carbocycles. The van der Waals surface area contributed by atoms with Gasteiger partial charge in [-0.15, -0.1) is 46.7 Å². The first kappa shape index (κ1) is 23.6. The SMILES string of the molecule is CCNC(=NCC(c1cccs1)N1CCOC(C)C1)NCCc1cccs1.I. The van der Waals surface area contributed by atoms with E-state index < -0.39 is 0 Å². The van der Waals surface area contributed by atoms with E-state index in [1.54, 1.807) is 11.3 Å². The summed E-state index contributed by atoms with van der Waals surface area (Å²) in [6.45, 7) is 9.49. The molecule has 0 amide bonds. The molecule has 2 aromatic rings. The Morgan fingerprint density at radius 2 is 2.11 bits per heavy atom. The zero-order valence-electron chi connectivity index (χ0n) is 16.6. The highest BCUT2D eigenvalue weighted by molar-refractivity contribution is 14.0. The molecule has 2 unspecified atom stereocenters. The predicted octanol–water partition coefficient (Wildman–Crippen LogP) is 3.99. The van der Waals surface area contributed by atoms with Crippen LogP contribution in [0.4, 0.5) is 0 Å². The van der Waals surface area contributed by atoms with Crippen molar-refractivity contribution in [3.63, 3.8) is 0 Å². The third-order valence-corrected chi connectivity index (χ3v) is 6.51. The van der Waals surface area contributed by atoms with Crippen LogP contribution in [-0.2, 0) is 11.2 Å². The lowest BCUT2D eigenvalue weighted by Crippen LogP contribution is -2.44. The highest BCUT2D eigenvalue weighted by Gasteiger charge is 2.26. The van der Waals surface area contributed by atoms with Gasteiger partial charge >= 0.3 is 0 Å². The monoisotopic (exact) mass is 534 g/mol. The van der Waals surface area contributed by atoms with Crippen molar-refractivity contribution in [1.82, 2.24) is 15.5 Å². The van der Waals surface area contributed by atoms with Gasteiger partial charge in [0.05, 0.1) is 25.3 Å². The topological polar surface area (TPSA) is 48.9 Å². The van der Waals surface area contributed by atoms with E-state index in [0.717, 1.165) is 51.7 Å². The zero-order chi connectivity index (χ0) is 18.9. The van der Waals surface area contributed by atoms with Gasteiger partial charge in [0.1, 0.15) is 0 Å². The Bertz CT molecular complexity index is 678. The van der Waals surface area contributed by atoms with Crippen molar-refractivity contribution in [2.45, 2.75) is 32.4 Å². The number of guanidine groups is 1. The lowest BCUT2D eigenvalue weighted by molar-refractivity contribution is -0.0327. The van der Waals surface area contributed by atoms with Crippen LogP contribution in [0.5, 0.6) is 0 Å². The van der Waals surface area contributed by atoms with Crippen molar-refractivity contribution >= 4 is 52.6 Å². The summed E-state index contributed by atoms with van der Waals surface area (Å²) >= 11 is 3.62. The number of rotatable bonds is 8. The van der Waals surface area contributed by atoms with Crippen molar-refractivity contribution in [2.24, 2.45) is 4.99 Å². The number of nitrogens with one attached hydrogen (secondary N) is 2. The average molecular weight is 535 g/mol. The first-order chi connectivity index (χ1) is 13.3. The van der Waals surface area contributed by atoms with E-state index >= 15 is 0 Å². The lowest BCUT2D eigenvalue weighted by Gasteiger charge is -2.36. The molecule has 2 atom stereocenters. The van der Waals surface area contributed by atoms with E-state index in [-0.39, 0.29) is 30.1 Å². The number of ether oxygens (including phenoxy) is 1. The van der Waals surface area contributed by atoms with Crippen molar-refractivity contribution in [3.05, 3.63) is 44.8 Å². The third-order valence-electron chi connectivity index (χ3n) is 4.60. The van der Waals surface area contributed by atoms with E-state index in [0.29, 0.717) is 6.04 Å². The third kappa shape index (κ3) is 7.29. The minimum absolute atomic E-state index is 0. The molecule has 2 N–H and O–H groups in total. The average Bonchev–Trinajstić information content (AvgIpc) is 3.36. The molecular formula is C20H31IN4OS2. The Balaban J connectivity index is 0.00000280. The minimum atomic E-state index is 0. The van der Waals surface area contributed by atoms with Crippen LogP contribution in [0.1, 0.15) is 29.6 Å². The summed E-state index contributed by atoms with van der Waals surface area (Å²) in [5.74, 6) is 0.900. The largest absolute Gasteiger partial charge is 0.376 e. The van der Waals surface area contributed by atoms with Gasteiger partial charge in [0.15, 0.2) is 5.96 Å². The van der Waals surface area contributed by atoms with Crippen LogP contribution in [0.2, 0.25) is 0 Å². The normalized spacial score (nSPS) is 19.1. The number of nitrogens with zero attached hydrogens (tertiary/aromatic N) is 2. The molecule has 0 radical (unpaired) electrons. The molecule has 0 aromatic carbocycles. The summed E-state index contributed by atoms with van der Waals surface area (Å²) in [6.07, 6.45) is 1.31. The van der Waals surface area contributed by atoms with Gasteiger partial charge in [0.2, 0.25) is 0 Å². The summed E-state index contributed by atoms with van der Waals surface area (Å²) in [5.41, 5.74) is 0. The number of aliphatic imine (C=N–C) groups is 1. The summed E-state index contributed by atoms with van der Waals surface area (Å²) in [6, 6.07) is 8.95. The summed E-state index contributed by atoms with van der Waals surface area (Å²) in [7, 11) is 0. The zero-order valence-corrected chi connectivity index (χ0v) is 20.6. The van der Waals surface area contributed by atoms with Crippen LogP contribution >= 0.6 is 46.7 Å². The van der Waals surface area contributed by atoms with Crippen molar-refractivity contribution < 1.29 is 4.74 Å². The Hall–Kier alpha value is -0.680. The molecule has 1 aliphatic rings. The highest BCUT2D eigenvalue weighted by atomic mass is 127. The Morgan fingerprint density at radius 1 is 1.29 bits per heavy atom. The van der Waals surface area contributed by atoms with Crippen LogP contribution in [0.3, 0.4) is 0 Å². The number of thiophene rings is 2. The van der Waals surface area contributed by atoms with Crippen LogP contribution in [0.25, 0.3) is 0 Å². The molecule has 1 fully saturated rings. The number of hydrogen-bond acceptors (Lipinski definition) is 5. The number of hydrogen-bond donors (Lipinski definition) is 2. The van der Waals surface area contributed by atoms with Crippen LogP contribution in [-0.4, -0.2) is 56.3 Å². The Kier molecular flexibility index (Phi) is 10.8. The quantitative estimate of drug-likeness (QED) is 0.306. The van der Waals surface area contributed by atoms with Gasteiger partial charge in [-0.25, -0.2) is 0 Å². The van der Waals surface area contributed by atoms with Crippen molar-refractivity contribution in [2.75, 3.05) is 39.3 Å². The second kappa shape index (κ2) is 12.8. The fourth-order valence-corrected chi connectivity index (χ4v) is 4.83. The Morgan fingerprint density at radius 3 is 2.79 bits per heavy atom. The standard InChI is InChI=1S/C20H30N4OS2.HI/c1-3-21-20(22-9-8-17-6-4-12-26-17)23-14-18(19-7-5-13-27-19)24-10-11-25-16(2)15-24;/h4-7,12-13,16,18H,3,8-11,14-15H2,1-2H3,(H2,21,22,23);1H. The van der Waals surface area contributed by atoms with E-state index in [1.807, 2.05) is 11.3 Å². The van der Waals surface area contributed by atoms with Crippen molar-refractivity contribution in [1.29, 1.82) is 0 Å². The molecule has 3 rings (SSSR count). The van der Waals surface area contributed by atoms with Gasteiger partial charge in [-0.1, -0.05) is 12.1 Å². The van der Waals surface area contributed by atoms with E-state index in [2.05, 4.69) is 64.4 Å². The van der Waals surface area contributed by atoms with Gasteiger partial charge in [0, 0.05) is 35.9 Å². The molecule has 0 spiro atoms. The van der Waals surface area contributed by atoms with Gasteiger partial charge in [-0.2, -0.15) is 0 Å². The fraction of sp³-hybridized carbons (Fsp3) is 0.550. The number of morpholine rings is 1. The predicted molar refractivity (Wildman–Crippen MR) is 131 cm³/mol. The Labute approximate surface area is 193 Å². The van der Waals surface area contributed by atoms with Gasteiger partial charge < -0.3 is 15.4 Å². The minimum Gasteiger partial charge on any atom is -0.376 e. The van der Waals surface area contributed by atoms with Gasteiger partial charge in [0.25, 0.3) is 0 Å². The first-order valence-electron chi connectivity index (χ1n) is 9.70. The molecule has 28 heavy (non-hydrogen) atoms. The highest BCUT2D eigenvalue weighted by Crippen LogP contribution is 2.27. The van der Waals surface area contributed by atoms with Crippen LogP contribution in [0, 0.1) is 0 Å². The second-order valence-corrected chi connectivity index (χ2v) is 8.69. The van der Waals surface area contributed by atoms with Crippen molar-refractivity contribution in [3.8, 4) is 0 Å². The first-order valence-corrected chi connectivity index (χ1v) is 11.5. The molecule has 0 bridgehead atoms. The van der Waals surface area contributed by atoms with Gasteiger partial charge in [-0.3, -0.25) is 9.89 Å². The number of halogens is 1. The second-order valence-electron chi connectivity index (χ2n) is 6.68. The van der Waals surface area contributed by atoms with E-state index in [1.165, 1.54) is 9.75 Å². The molecule has 156 valence electrons. The van der Waals surface area contributed by atoms with E-state index in [4.69, 9.17) is 9.73 Å². The van der Waals surface area contributed by atoms with Crippen LogP contribution in [0.15, 0.2) is 40.0 Å². The lowest BCUT2D eigenvalue weighted by atomic mass is 10.1. The molecule has 2 aromatic heterocycles. The summed E-state index contributed by atoms with van der Waals surface area (Å²) in [4.78, 5) is 10.2. The van der Waals surface area contributed by atoms with Gasteiger partial charge in [-0.05, 0) is 43.2 Å². The maximum Gasteiger partial charge on any atom is 0.191 e. The maximum absolute atomic E-state index is 5.73.